The summed E-state index contributed by atoms with van der Waals surface area (Å²) < 4.78 is 22.8. The van der Waals surface area contributed by atoms with Crippen molar-refractivity contribution >= 4 is 39.1 Å². The molecule has 1 N–H and O–H groups in total. The van der Waals surface area contributed by atoms with E-state index in [2.05, 4.69) is 19.7 Å². The molecule has 2 aromatic heterocycles. The van der Waals surface area contributed by atoms with Crippen LogP contribution in [0.5, 0.6) is 17.6 Å². The second-order valence-electron chi connectivity index (χ2n) is 7.59. The molecule has 164 valence electrons. The lowest BCUT2D eigenvalue weighted by Gasteiger charge is -2.35. The van der Waals surface area contributed by atoms with Gasteiger partial charge in [-0.2, -0.15) is 9.36 Å². The van der Waals surface area contributed by atoms with E-state index in [9.17, 15) is 4.79 Å². The average Bonchev–Trinajstić information content (AvgIpc) is 3.11. The minimum Gasteiger partial charge on any atom is -0.476 e. The minimum atomic E-state index is -0.0518. The quantitative estimate of drug-likeness (QED) is 0.508. The van der Waals surface area contributed by atoms with E-state index in [-0.39, 0.29) is 34.8 Å². The van der Waals surface area contributed by atoms with E-state index < -0.39 is 0 Å². The van der Waals surface area contributed by atoms with Gasteiger partial charge in [-0.1, -0.05) is 23.7 Å². The first-order valence-corrected chi connectivity index (χ1v) is 11.2. The predicted molar refractivity (Wildman–Crippen MR) is 118 cm³/mol. The third kappa shape index (κ3) is 5.41. The van der Waals surface area contributed by atoms with E-state index in [0.29, 0.717) is 25.0 Å². The normalized spacial score (nSPS) is 18.9. The van der Waals surface area contributed by atoms with Crippen LogP contribution >= 0.6 is 23.1 Å². The molecular formula is C21H23ClN4O4S. The summed E-state index contributed by atoms with van der Waals surface area (Å²) in [6, 6.07) is 7.79. The Kier molecular flexibility index (Phi) is 6.84. The SMILES string of the molecule is CC(=O)N[C@@H](C)COC1CC(COc2ncnc(Oc3nsc4ccccc34)c2Cl)C1. The topological polar surface area (TPSA) is 95.5 Å². The van der Waals surface area contributed by atoms with Crippen molar-refractivity contribution in [2.24, 2.45) is 5.92 Å². The van der Waals surface area contributed by atoms with Gasteiger partial charge in [0.1, 0.15) is 6.33 Å². The number of carbonyl (C=O) groups is 1. The fraction of sp³-hybridized carbons (Fsp3) is 0.429. The first-order chi connectivity index (χ1) is 15.0. The summed E-state index contributed by atoms with van der Waals surface area (Å²) in [5.74, 6) is 1.27. The van der Waals surface area contributed by atoms with E-state index in [1.807, 2.05) is 31.2 Å². The van der Waals surface area contributed by atoms with Gasteiger partial charge < -0.3 is 19.5 Å². The zero-order chi connectivity index (χ0) is 21.8. The first kappa shape index (κ1) is 21.7. The number of nitrogens with zero attached hydrogens (tertiary/aromatic N) is 3. The van der Waals surface area contributed by atoms with Crippen molar-refractivity contribution in [1.82, 2.24) is 19.7 Å². The van der Waals surface area contributed by atoms with Crippen LogP contribution in [0.3, 0.4) is 0 Å². The Morgan fingerprint density at radius 1 is 1.26 bits per heavy atom. The number of amides is 1. The monoisotopic (exact) mass is 462 g/mol. The molecule has 0 saturated heterocycles. The van der Waals surface area contributed by atoms with E-state index >= 15 is 0 Å². The fourth-order valence-electron chi connectivity index (χ4n) is 3.35. The number of fused-ring (bicyclic) bond motifs is 1. The second-order valence-corrected chi connectivity index (χ2v) is 8.77. The summed E-state index contributed by atoms with van der Waals surface area (Å²) in [6.45, 7) is 4.41. The van der Waals surface area contributed by atoms with Crippen LogP contribution in [0.4, 0.5) is 0 Å². The molecule has 1 atom stereocenters. The fourth-order valence-corrected chi connectivity index (χ4v) is 4.25. The van der Waals surface area contributed by atoms with Gasteiger partial charge in [-0.3, -0.25) is 4.79 Å². The maximum absolute atomic E-state index is 11.0. The lowest BCUT2D eigenvalue weighted by molar-refractivity contribution is -0.120. The molecular weight excluding hydrogens is 440 g/mol. The molecule has 0 unspecified atom stereocenters. The molecule has 10 heteroatoms. The Bertz CT molecular complexity index is 1060. The van der Waals surface area contributed by atoms with Gasteiger partial charge in [0, 0.05) is 13.0 Å². The lowest BCUT2D eigenvalue weighted by atomic mass is 9.83. The number of rotatable bonds is 9. The van der Waals surface area contributed by atoms with Gasteiger partial charge >= 0.3 is 0 Å². The highest BCUT2D eigenvalue weighted by Crippen LogP contribution is 2.37. The summed E-state index contributed by atoms with van der Waals surface area (Å²) in [5, 5.41) is 3.93. The Morgan fingerprint density at radius 2 is 2.03 bits per heavy atom. The molecule has 1 fully saturated rings. The Balaban J connectivity index is 1.27. The van der Waals surface area contributed by atoms with Crippen LogP contribution < -0.4 is 14.8 Å². The Morgan fingerprint density at radius 3 is 2.84 bits per heavy atom. The molecule has 1 aromatic carbocycles. The van der Waals surface area contributed by atoms with Gasteiger partial charge in [-0.05, 0) is 49.3 Å². The number of hydrogen-bond acceptors (Lipinski definition) is 8. The van der Waals surface area contributed by atoms with E-state index in [0.717, 1.165) is 22.9 Å². The van der Waals surface area contributed by atoms with Crippen LogP contribution in [0.15, 0.2) is 30.6 Å². The molecule has 2 heterocycles. The average molecular weight is 463 g/mol. The van der Waals surface area contributed by atoms with Gasteiger partial charge in [0.25, 0.3) is 0 Å². The molecule has 4 rings (SSSR count). The van der Waals surface area contributed by atoms with Crippen molar-refractivity contribution in [3.63, 3.8) is 0 Å². The molecule has 1 aliphatic carbocycles. The number of ether oxygens (including phenoxy) is 3. The van der Waals surface area contributed by atoms with Gasteiger partial charge in [-0.25, -0.2) is 4.98 Å². The summed E-state index contributed by atoms with van der Waals surface area (Å²) in [7, 11) is 0. The van der Waals surface area contributed by atoms with Crippen molar-refractivity contribution in [3.8, 4) is 17.6 Å². The van der Waals surface area contributed by atoms with Gasteiger partial charge in [0.05, 0.1) is 29.4 Å². The maximum atomic E-state index is 11.0. The highest BCUT2D eigenvalue weighted by atomic mass is 35.5. The minimum absolute atomic E-state index is 0.000818. The summed E-state index contributed by atoms with van der Waals surface area (Å²) in [6.07, 6.45) is 3.33. The van der Waals surface area contributed by atoms with Crippen LogP contribution in [0, 0.1) is 5.92 Å². The van der Waals surface area contributed by atoms with Crippen LogP contribution in [-0.2, 0) is 9.53 Å². The maximum Gasteiger partial charge on any atom is 0.247 e. The smallest absolute Gasteiger partial charge is 0.247 e. The van der Waals surface area contributed by atoms with Crippen LogP contribution in [0.1, 0.15) is 26.7 Å². The molecule has 1 amide bonds. The molecule has 1 saturated carbocycles. The predicted octanol–water partition coefficient (Wildman–Crippen LogP) is 4.23. The molecule has 0 aliphatic heterocycles. The standard InChI is InChI=1S/C21H23ClN4O4S/c1-12(25-13(2)27)9-28-15-7-14(8-15)10-29-20-18(22)21(24-11-23-20)30-19-16-5-3-4-6-17(16)31-26-19/h3-6,11-12,14-15H,7-10H2,1-2H3,(H,25,27)/t12-,14?,15?/m0/s1. The third-order valence-electron chi connectivity index (χ3n) is 4.94. The third-order valence-corrected chi connectivity index (χ3v) is 6.08. The largest absolute Gasteiger partial charge is 0.476 e. The van der Waals surface area contributed by atoms with Gasteiger partial charge in [0.2, 0.25) is 23.5 Å². The van der Waals surface area contributed by atoms with Crippen molar-refractivity contribution in [2.45, 2.75) is 38.8 Å². The second kappa shape index (κ2) is 9.76. The highest BCUT2D eigenvalue weighted by Gasteiger charge is 2.31. The molecule has 3 aromatic rings. The molecule has 0 bridgehead atoms. The number of benzene rings is 1. The van der Waals surface area contributed by atoms with E-state index in [1.54, 1.807) is 0 Å². The van der Waals surface area contributed by atoms with Crippen molar-refractivity contribution in [2.75, 3.05) is 13.2 Å². The molecule has 8 nitrogen and oxygen atoms in total. The number of aromatic nitrogens is 3. The molecule has 0 spiro atoms. The Labute approximate surface area is 189 Å². The zero-order valence-corrected chi connectivity index (χ0v) is 18.8. The summed E-state index contributed by atoms with van der Waals surface area (Å²) in [4.78, 5) is 19.3. The van der Waals surface area contributed by atoms with Crippen molar-refractivity contribution in [1.29, 1.82) is 0 Å². The molecule has 0 radical (unpaired) electrons. The lowest BCUT2D eigenvalue weighted by Crippen LogP contribution is -2.40. The number of nitrogens with one attached hydrogen (secondary N) is 1. The van der Waals surface area contributed by atoms with Crippen LogP contribution in [0.2, 0.25) is 5.02 Å². The highest BCUT2D eigenvalue weighted by molar-refractivity contribution is 7.13. The molecule has 31 heavy (non-hydrogen) atoms. The van der Waals surface area contributed by atoms with Gasteiger partial charge in [-0.15, -0.1) is 0 Å². The van der Waals surface area contributed by atoms with Crippen LogP contribution in [0.25, 0.3) is 10.1 Å². The van der Waals surface area contributed by atoms with Crippen molar-refractivity contribution in [3.05, 3.63) is 35.6 Å². The van der Waals surface area contributed by atoms with E-state index in [4.69, 9.17) is 25.8 Å². The zero-order valence-electron chi connectivity index (χ0n) is 17.2. The molecule has 1 aliphatic rings. The summed E-state index contributed by atoms with van der Waals surface area (Å²) >= 11 is 7.77. The number of halogens is 1. The van der Waals surface area contributed by atoms with Crippen molar-refractivity contribution < 1.29 is 19.0 Å². The summed E-state index contributed by atoms with van der Waals surface area (Å²) in [5.41, 5.74) is 0. The van der Waals surface area contributed by atoms with Gasteiger partial charge in [0.15, 0.2) is 5.02 Å². The number of carbonyl (C=O) groups excluding carboxylic acids is 1. The number of hydrogen-bond donors (Lipinski definition) is 1. The first-order valence-electron chi connectivity index (χ1n) is 10.0. The van der Waals surface area contributed by atoms with Crippen LogP contribution in [-0.4, -0.2) is 45.6 Å². The van der Waals surface area contributed by atoms with E-state index in [1.165, 1.54) is 24.8 Å². The Hall–Kier alpha value is -2.49.